The summed E-state index contributed by atoms with van der Waals surface area (Å²) in [6, 6.07) is 12.7. The van der Waals surface area contributed by atoms with Crippen LogP contribution in [0.2, 0.25) is 0 Å². The molecule has 1 aliphatic heterocycles. The van der Waals surface area contributed by atoms with E-state index in [9.17, 15) is 14.0 Å². The Bertz CT molecular complexity index is 828. The van der Waals surface area contributed by atoms with Crippen molar-refractivity contribution in [3.05, 3.63) is 59.9 Å². The Kier molecular flexibility index (Phi) is 6.09. The zero-order valence-electron chi connectivity index (χ0n) is 16.3. The third-order valence-corrected chi connectivity index (χ3v) is 5.22. The Morgan fingerprint density at radius 2 is 1.46 bits per heavy atom. The van der Waals surface area contributed by atoms with Gasteiger partial charge in [-0.2, -0.15) is 0 Å². The lowest BCUT2D eigenvalue weighted by Gasteiger charge is -2.28. The highest BCUT2D eigenvalue weighted by atomic mass is 19.1. The first kappa shape index (κ1) is 20.0. The quantitative estimate of drug-likeness (QED) is 0.863. The molecule has 1 aliphatic rings. The van der Waals surface area contributed by atoms with Gasteiger partial charge in [-0.3, -0.25) is 9.59 Å². The number of rotatable bonds is 5. The normalized spacial score (nSPS) is 15.9. The maximum Gasteiger partial charge on any atom is 0.240 e. The van der Waals surface area contributed by atoms with Gasteiger partial charge in [0, 0.05) is 27.2 Å². The number of nitrogens with zero attached hydrogens (tertiary/aromatic N) is 2. The summed E-state index contributed by atoms with van der Waals surface area (Å²) in [6.07, 6.45) is 1.94. The molecule has 0 spiro atoms. The lowest BCUT2D eigenvalue weighted by Crippen LogP contribution is -2.50. The maximum atomic E-state index is 13.1. The van der Waals surface area contributed by atoms with E-state index in [2.05, 4.69) is 0 Å². The third-order valence-electron chi connectivity index (χ3n) is 5.22. The molecular formula is C22H26FN3O2. The molecule has 1 unspecified atom stereocenters. The Morgan fingerprint density at radius 1 is 0.964 bits per heavy atom. The van der Waals surface area contributed by atoms with Crippen LogP contribution in [0.4, 0.5) is 4.39 Å². The van der Waals surface area contributed by atoms with Crippen LogP contribution in [0.5, 0.6) is 0 Å². The van der Waals surface area contributed by atoms with Crippen LogP contribution in [0.15, 0.2) is 48.5 Å². The number of halogens is 1. The number of likely N-dealkylation sites (tertiary alicyclic amines) is 1. The standard InChI is InChI=1S/C22H26FN3O2/c1-25(2)21(27)19(20(24)22(28)26-13-3-4-14-26)17-7-5-15(6-8-17)16-9-11-18(23)12-10-16/h5-12,19-20H,3-4,13-14,24H2,1-2H3/t19?,20-/m0/s1. The Balaban J connectivity index is 1.88. The zero-order valence-corrected chi connectivity index (χ0v) is 16.3. The van der Waals surface area contributed by atoms with Crippen molar-refractivity contribution < 1.29 is 14.0 Å². The first-order chi connectivity index (χ1) is 13.4. The first-order valence-electron chi connectivity index (χ1n) is 9.50. The molecule has 3 rings (SSSR count). The molecule has 0 saturated carbocycles. The highest BCUT2D eigenvalue weighted by molar-refractivity contribution is 5.93. The fraction of sp³-hybridized carbons (Fsp3) is 0.364. The fourth-order valence-corrected chi connectivity index (χ4v) is 3.60. The molecule has 148 valence electrons. The molecule has 1 fully saturated rings. The van der Waals surface area contributed by atoms with Gasteiger partial charge >= 0.3 is 0 Å². The van der Waals surface area contributed by atoms with Crippen molar-refractivity contribution in [2.75, 3.05) is 27.2 Å². The van der Waals surface area contributed by atoms with Gasteiger partial charge in [0.2, 0.25) is 11.8 Å². The molecule has 6 heteroatoms. The second-order valence-electron chi connectivity index (χ2n) is 7.40. The summed E-state index contributed by atoms with van der Waals surface area (Å²) >= 11 is 0. The SMILES string of the molecule is CN(C)C(=O)C(c1ccc(-c2ccc(F)cc2)cc1)[C@H](N)C(=O)N1CCCC1. The molecule has 1 saturated heterocycles. The van der Waals surface area contributed by atoms with Gasteiger partial charge < -0.3 is 15.5 Å². The number of carbonyl (C=O) groups excluding carboxylic acids is 2. The molecule has 0 bridgehead atoms. The van der Waals surface area contributed by atoms with Crippen LogP contribution >= 0.6 is 0 Å². The molecule has 2 atom stereocenters. The van der Waals surface area contributed by atoms with Crippen molar-refractivity contribution in [1.82, 2.24) is 9.80 Å². The highest BCUT2D eigenvalue weighted by Gasteiger charge is 2.36. The lowest BCUT2D eigenvalue weighted by atomic mass is 9.88. The van der Waals surface area contributed by atoms with E-state index < -0.39 is 12.0 Å². The summed E-state index contributed by atoms with van der Waals surface area (Å²) in [7, 11) is 3.32. The van der Waals surface area contributed by atoms with Gasteiger partial charge in [-0.25, -0.2) is 4.39 Å². The number of carbonyl (C=O) groups is 2. The average molecular weight is 383 g/mol. The summed E-state index contributed by atoms with van der Waals surface area (Å²) in [5.74, 6) is -1.41. The molecule has 1 heterocycles. The van der Waals surface area contributed by atoms with Crippen LogP contribution in [0.3, 0.4) is 0 Å². The van der Waals surface area contributed by atoms with E-state index in [-0.39, 0.29) is 17.6 Å². The predicted molar refractivity (Wildman–Crippen MR) is 107 cm³/mol. The van der Waals surface area contributed by atoms with Crippen LogP contribution < -0.4 is 5.73 Å². The van der Waals surface area contributed by atoms with Crippen molar-refractivity contribution >= 4 is 11.8 Å². The van der Waals surface area contributed by atoms with Crippen LogP contribution in [0, 0.1) is 5.82 Å². The van der Waals surface area contributed by atoms with Gasteiger partial charge in [0.1, 0.15) is 11.9 Å². The molecule has 5 nitrogen and oxygen atoms in total. The monoisotopic (exact) mass is 383 g/mol. The van der Waals surface area contributed by atoms with E-state index in [1.54, 1.807) is 31.1 Å². The molecular weight excluding hydrogens is 357 g/mol. The van der Waals surface area contributed by atoms with E-state index >= 15 is 0 Å². The molecule has 2 aromatic rings. The highest BCUT2D eigenvalue weighted by Crippen LogP contribution is 2.27. The van der Waals surface area contributed by atoms with Gasteiger partial charge in [0.15, 0.2) is 0 Å². The van der Waals surface area contributed by atoms with Crippen LogP contribution in [0.25, 0.3) is 11.1 Å². The Labute approximate surface area is 164 Å². The average Bonchev–Trinajstić information content (AvgIpc) is 3.23. The molecule has 0 radical (unpaired) electrons. The van der Waals surface area contributed by atoms with E-state index in [0.29, 0.717) is 18.7 Å². The second kappa shape index (κ2) is 8.52. The fourth-order valence-electron chi connectivity index (χ4n) is 3.60. The minimum atomic E-state index is -0.926. The summed E-state index contributed by atoms with van der Waals surface area (Å²) < 4.78 is 13.1. The molecule has 0 aromatic heterocycles. The Hall–Kier alpha value is -2.73. The van der Waals surface area contributed by atoms with Crippen LogP contribution in [-0.2, 0) is 9.59 Å². The zero-order chi connectivity index (χ0) is 20.3. The number of likely N-dealkylation sites (N-methyl/N-ethyl adjacent to an activating group) is 1. The number of benzene rings is 2. The van der Waals surface area contributed by atoms with Crippen molar-refractivity contribution in [2.45, 2.75) is 24.8 Å². The van der Waals surface area contributed by atoms with Crippen molar-refractivity contribution in [3.8, 4) is 11.1 Å². The second-order valence-corrected chi connectivity index (χ2v) is 7.40. The smallest absolute Gasteiger partial charge is 0.240 e. The summed E-state index contributed by atoms with van der Waals surface area (Å²) in [5.41, 5.74) is 8.77. The van der Waals surface area contributed by atoms with Crippen LogP contribution in [0.1, 0.15) is 24.3 Å². The minimum absolute atomic E-state index is 0.180. The summed E-state index contributed by atoms with van der Waals surface area (Å²) in [4.78, 5) is 28.8. The van der Waals surface area contributed by atoms with Gasteiger partial charge in [0.25, 0.3) is 0 Å². The largest absolute Gasteiger partial charge is 0.348 e. The molecule has 2 amide bonds. The number of nitrogens with two attached hydrogens (primary N) is 1. The first-order valence-corrected chi connectivity index (χ1v) is 9.50. The van der Waals surface area contributed by atoms with Gasteiger partial charge in [-0.1, -0.05) is 36.4 Å². The van der Waals surface area contributed by atoms with E-state index in [4.69, 9.17) is 5.73 Å². The topological polar surface area (TPSA) is 66.6 Å². The number of hydrogen-bond donors (Lipinski definition) is 1. The van der Waals surface area contributed by atoms with Crippen molar-refractivity contribution in [3.63, 3.8) is 0 Å². The number of amides is 2. The van der Waals surface area contributed by atoms with E-state index in [1.807, 2.05) is 24.3 Å². The Morgan fingerprint density at radius 3 is 1.96 bits per heavy atom. The van der Waals surface area contributed by atoms with Gasteiger partial charge in [-0.05, 0) is 41.7 Å². The predicted octanol–water partition coefficient (Wildman–Crippen LogP) is 2.61. The van der Waals surface area contributed by atoms with Gasteiger partial charge in [0.05, 0.1) is 5.92 Å². The summed E-state index contributed by atoms with van der Waals surface area (Å²) in [6.45, 7) is 1.39. The lowest BCUT2D eigenvalue weighted by molar-refractivity contribution is -0.138. The summed E-state index contributed by atoms with van der Waals surface area (Å²) in [5, 5.41) is 0. The van der Waals surface area contributed by atoms with Crippen molar-refractivity contribution in [2.24, 2.45) is 5.73 Å². The maximum absolute atomic E-state index is 13.1. The van der Waals surface area contributed by atoms with E-state index in [1.165, 1.54) is 17.0 Å². The van der Waals surface area contributed by atoms with Crippen molar-refractivity contribution in [1.29, 1.82) is 0 Å². The molecule has 0 aliphatic carbocycles. The third kappa shape index (κ3) is 4.22. The molecule has 28 heavy (non-hydrogen) atoms. The minimum Gasteiger partial charge on any atom is -0.348 e. The van der Waals surface area contributed by atoms with Crippen LogP contribution in [-0.4, -0.2) is 54.8 Å². The molecule has 2 N–H and O–H groups in total. The molecule has 2 aromatic carbocycles. The van der Waals surface area contributed by atoms with Gasteiger partial charge in [-0.15, -0.1) is 0 Å². The van der Waals surface area contributed by atoms with E-state index in [0.717, 1.165) is 24.0 Å². The number of hydrogen-bond acceptors (Lipinski definition) is 3.